The van der Waals surface area contributed by atoms with Crippen LogP contribution < -0.4 is 5.32 Å². The minimum atomic E-state index is -1.16. The first-order valence-corrected chi connectivity index (χ1v) is 6.60. The highest BCUT2D eigenvalue weighted by Crippen LogP contribution is 2.16. The molecule has 4 nitrogen and oxygen atoms in total. The molecule has 0 saturated carbocycles. The second-order valence-corrected chi connectivity index (χ2v) is 4.71. The van der Waals surface area contributed by atoms with Crippen LogP contribution in [-0.4, -0.2) is 28.5 Å². The van der Waals surface area contributed by atoms with E-state index in [2.05, 4.69) is 5.32 Å². The van der Waals surface area contributed by atoms with Crippen LogP contribution in [-0.2, 0) is 4.79 Å². The van der Waals surface area contributed by atoms with E-state index < -0.39 is 11.8 Å². The fourth-order valence-electron chi connectivity index (χ4n) is 1.25. The summed E-state index contributed by atoms with van der Waals surface area (Å²) in [6.07, 6.45) is 0.959. The lowest BCUT2D eigenvalue weighted by molar-refractivity contribution is -0.113. The number of halogens is 1. The Bertz CT molecular complexity index is 451. The standard InChI is InChI=1S/C12H14FNO3S/c1-2-5-18-7-11(15)14-10-6-8(12(16)17)3-4-9(10)13/h3-4,6H,2,5,7H2,1H3,(H,14,15)(H,16,17). The summed E-state index contributed by atoms with van der Waals surface area (Å²) in [6.45, 7) is 2.00. The van der Waals surface area contributed by atoms with Gasteiger partial charge in [-0.3, -0.25) is 4.79 Å². The Morgan fingerprint density at radius 3 is 2.78 bits per heavy atom. The Morgan fingerprint density at radius 1 is 1.44 bits per heavy atom. The molecular formula is C12H14FNO3S. The Morgan fingerprint density at radius 2 is 2.17 bits per heavy atom. The molecule has 6 heteroatoms. The Hall–Kier alpha value is -1.56. The molecule has 18 heavy (non-hydrogen) atoms. The van der Waals surface area contributed by atoms with Crippen LogP contribution in [0.4, 0.5) is 10.1 Å². The first-order valence-electron chi connectivity index (χ1n) is 5.45. The third kappa shape index (κ3) is 4.37. The van der Waals surface area contributed by atoms with E-state index in [0.717, 1.165) is 30.4 Å². The predicted molar refractivity (Wildman–Crippen MR) is 69.6 cm³/mol. The molecule has 1 amide bonds. The van der Waals surface area contributed by atoms with Crippen molar-refractivity contribution in [2.24, 2.45) is 0 Å². The molecule has 2 N–H and O–H groups in total. The van der Waals surface area contributed by atoms with Crippen molar-refractivity contribution in [3.8, 4) is 0 Å². The number of anilines is 1. The lowest BCUT2D eigenvalue weighted by Gasteiger charge is -2.07. The van der Waals surface area contributed by atoms with Gasteiger partial charge in [-0.2, -0.15) is 11.8 Å². The van der Waals surface area contributed by atoms with Crippen molar-refractivity contribution >= 4 is 29.3 Å². The number of nitrogens with one attached hydrogen (secondary N) is 1. The van der Waals surface area contributed by atoms with Crippen molar-refractivity contribution in [2.75, 3.05) is 16.8 Å². The monoisotopic (exact) mass is 271 g/mol. The first-order chi connectivity index (χ1) is 8.54. The van der Waals surface area contributed by atoms with Crippen molar-refractivity contribution in [3.63, 3.8) is 0 Å². The number of thioether (sulfide) groups is 1. The minimum Gasteiger partial charge on any atom is -0.478 e. The van der Waals surface area contributed by atoms with Gasteiger partial charge in [0.25, 0.3) is 0 Å². The molecule has 1 aromatic rings. The molecule has 0 unspecified atom stereocenters. The summed E-state index contributed by atoms with van der Waals surface area (Å²) in [7, 11) is 0. The highest BCUT2D eigenvalue weighted by molar-refractivity contribution is 7.99. The highest BCUT2D eigenvalue weighted by atomic mass is 32.2. The highest BCUT2D eigenvalue weighted by Gasteiger charge is 2.10. The van der Waals surface area contributed by atoms with E-state index in [1.807, 2.05) is 6.92 Å². The maximum atomic E-state index is 13.4. The Kier molecular flexibility index (Phi) is 5.64. The van der Waals surface area contributed by atoms with E-state index in [1.165, 1.54) is 11.8 Å². The molecule has 0 aromatic heterocycles. The van der Waals surface area contributed by atoms with Gasteiger partial charge < -0.3 is 10.4 Å². The van der Waals surface area contributed by atoms with Crippen molar-refractivity contribution in [3.05, 3.63) is 29.6 Å². The number of rotatable bonds is 6. The summed E-state index contributed by atoms with van der Waals surface area (Å²) in [6, 6.07) is 3.29. The normalized spacial score (nSPS) is 10.1. The number of amides is 1. The van der Waals surface area contributed by atoms with Gasteiger partial charge in [0.2, 0.25) is 5.91 Å². The summed E-state index contributed by atoms with van der Waals surface area (Å²) in [5.74, 6) is -1.06. The largest absolute Gasteiger partial charge is 0.478 e. The van der Waals surface area contributed by atoms with Crippen LogP contribution in [0.3, 0.4) is 0 Å². The van der Waals surface area contributed by atoms with E-state index in [1.54, 1.807) is 0 Å². The Balaban J connectivity index is 2.68. The second kappa shape index (κ2) is 7.00. The zero-order valence-electron chi connectivity index (χ0n) is 9.90. The van der Waals surface area contributed by atoms with Gasteiger partial charge in [-0.15, -0.1) is 0 Å². The number of carboxylic acid groups (broad SMARTS) is 1. The van der Waals surface area contributed by atoms with E-state index in [-0.39, 0.29) is 22.9 Å². The number of hydrogen-bond donors (Lipinski definition) is 2. The molecule has 98 valence electrons. The van der Waals surface area contributed by atoms with Gasteiger partial charge in [-0.25, -0.2) is 9.18 Å². The van der Waals surface area contributed by atoms with E-state index >= 15 is 0 Å². The van der Waals surface area contributed by atoms with Crippen molar-refractivity contribution in [1.82, 2.24) is 0 Å². The van der Waals surface area contributed by atoms with Gasteiger partial charge in [-0.05, 0) is 30.4 Å². The van der Waals surface area contributed by atoms with Gasteiger partial charge in [0.05, 0.1) is 17.0 Å². The lowest BCUT2D eigenvalue weighted by atomic mass is 10.2. The van der Waals surface area contributed by atoms with Crippen LogP contribution in [0.2, 0.25) is 0 Å². The Labute approximate surface area is 109 Å². The summed E-state index contributed by atoms with van der Waals surface area (Å²) < 4.78 is 13.4. The molecular weight excluding hydrogens is 257 g/mol. The molecule has 0 radical (unpaired) electrons. The molecule has 0 spiro atoms. The molecule has 0 aliphatic rings. The fourth-order valence-corrected chi connectivity index (χ4v) is 1.94. The van der Waals surface area contributed by atoms with Gasteiger partial charge in [-0.1, -0.05) is 6.92 Å². The quantitative estimate of drug-likeness (QED) is 0.780. The van der Waals surface area contributed by atoms with E-state index in [0.29, 0.717) is 0 Å². The van der Waals surface area contributed by atoms with E-state index in [4.69, 9.17) is 5.11 Å². The van der Waals surface area contributed by atoms with Crippen LogP contribution in [0.25, 0.3) is 0 Å². The summed E-state index contributed by atoms with van der Waals surface area (Å²) in [5.41, 5.74) is -0.162. The third-order valence-electron chi connectivity index (χ3n) is 2.07. The van der Waals surface area contributed by atoms with Gasteiger partial charge in [0, 0.05) is 0 Å². The lowest BCUT2D eigenvalue weighted by Crippen LogP contribution is -2.16. The maximum Gasteiger partial charge on any atom is 0.335 e. The van der Waals surface area contributed by atoms with Crippen LogP contribution >= 0.6 is 11.8 Å². The molecule has 0 saturated heterocycles. The van der Waals surface area contributed by atoms with Gasteiger partial charge >= 0.3 is 5.97 Å². The van der Waals surface area contributed by atoms with Crippen molar-refractivity contribution in [1.29, 1.82) is 0 Å². The molecule has 0 aliphatic heterocycles. The van der Waals surface area contributed by atoms with Crippen LogP contribution in [0, 0.1) is 5.82 Å². The van der Waals surface area contributed by atoms with E-state index in [9.17, 15) is 14.0 Å². The number of carboxylic acids is 1. The average Bonchev–Trinajstić information content (AvgIpc) is 2.32. The van der Waals surface area contributed by atoms with Gasteiger partial charge in [0.15, 0.2) is 0 Å². The fraction of sp³-hybridized carbons (Fsp3) is 0.333. The summed E-state index contributed by atoms with van der Waals surface area (Å²) >= 11 is 1.45. The smallest absolute Gasteiger partial charge is 0.335 e. The number of carbonyl (C=O) groups is 2. The summed E-state index contributed by atoms with van der Waals surface area (Å²) in [5, 5.41) is 11.1. The number of hydrogen-bond acceptors (Lipinski definition) is 3. The van der Waals surface area contributed by atoms with Gasteiger partial charge in [0.1, 0.15) is 5.82 Å². The average molecular weight is 271 g/mol. The SMILES string of the molecule is CCCSCC(=O)Nc1cc(C(=O)O)ccc1F. The summed E-state index contributed by atoms with van der Waals surface area (Å²) in [4.78, 5) is 22.2. The molecule has 0 fully saturated rings. The predicted octanol–water partition coefficient (Wildman–Crippen LogP) is 2.61. The molecule has 0 heterocycles. The zero-order chi connectivity index (χ0) is 13.5. The second-order valence-electron chi connectivity index (χ2n) is 3.60. The number of aromatic carboxylic acids is 1. The first kappa shape index (κ1) is 14.5. The third-order valence-corrected chi connectivity index (χ3v) is 3.23. The van der Waals surface area contributed by atoms with Crippen LogP contribution in [0.1, 0.15) is 23.7 Å². The number of carbonyl (C=O) groups excluding carboxylic acids is 1. The van der Waals surface area contributed by atoms with Crippen molar-refractivity contribution < 1.29 is 19.1 Å². The van der Waals surface area contributed by atoms with Crippen molar-refractivity contribution in [2.45, 2.75) is 13.3 Å². The molecule has 0 atom stereocenters. The zero-order valence-corrected chi connectivity index (χ0v) is 10.7. The number of benzene rings is 1. The molecule has 1 aromatic carbocycles. The molecule has 1 rings (SSSR count). The van der Waals surface area contributed by atoms with Crippen LogP contribution in [0.15, 0.2) is 18.2 Å². The molecule has 0 aliphatic carbocycles. The van der Waals surface area contributed by atoms with Crippen LogP contribution in [0.5, 0.6) is 0 Å². The molecule has 0 bridgehead atoms. The maximum absolute atomic E-state index is 13.4. The minimum absolute atomic E-state index is 0.0621. The topological polar surface area (TPSA) is 66.4 Å².